The monoisotopic (exact) mass is 239 g/mol. The fraction of sp³-hybridized carbons (Fsp3) is 0.667. The van der Waals surface area contributed by atoms with Crippen LogP contribution in [-0.4, -0.2) is 35.6 Å². The quantitative estimate of drug-likeness (QED) is 0.756. The van der Waals surface area contributed by atoms with Gasteiger partial charge in [0.25, 0.3) is 0 Å². The second-order valence-corrected chi connectivity index (χ2v) is 5.29. The van der Waals surface area contributed by atoms with Gasteiger partial charge in [-0.3, -0.25) is 4.79 Å². The van der Waals surface area contributed by atoms with Crippen LogP contribution >= 0.6 is 0 Å². The fourth-order valence-corrected chi connectivity index (χ4v) is 1.31. The van der Waals surface area contributed by atoms with E-state index in [2.05, 4.69) is 15.3 Å². The van der Waals surface area contributed by atoms with Crippen molar-refractivity contribution in [2.45, 2.75) is 33.2 Å². The maximum atomic E-state index is 11.8. The molecular formula is C12H21N3O2. The largest absolute Gasteiger partial charge is 0.464 e. The van der Waals surface area contributed by atoms with E-state index in [1.165, 1.54) is 0 Å². The number of nitrogens with one attached hydrogen (secondary N) is 2. The van der Waals surface area contributed by atoms with Crippen molar-refractivity contribution >= 4 is 5.97 Å². The zero-order valence-electron chi connectivity index (χ0n) is 10.9. The minimum Gasteiger partial charge on any atom is -0.464 e. The van der Waals surface area contributed by atoms with Crippen LogP contribution in [0.5, 0.6) is 0 Å². The molecule has 1 rings (SSSR count). The number of hydrogen-bond donors (Lipinski definition) is 2. The van der Waals surface area contributed by atoms with Gasteiger partial charge in [-0.1, -0.05) is 20.8 Å². The number of nitrogens with zero attached hydrogens (tertiary/aromatic N) is 1. The third-order valence-corrected chi connectivity index (χ3v) is 2.26. The highest BCUT2D eigenvalue weighted by Crippen LogP contribution is 2.13. The summed E-state index contributed by atoms with van der Waals surface area (Å²) in [5.41, 5.74) is 0.902. The van der Waals surface area contributed by atoms with Gasteiger partial charge in [0.05, 0.1) is 12.9 Å². The van der Waals surface area contributed by atoms with Gasteiger partial charge in [0.1, 0.15) is 6.04 Å². The van der Waals surface area contributed by atoms with E-state index in [0.29, 0.717) is 13.0 Å². The Labute approximate surface area is 102 Å². The van der Waals surface area contributed by atoms with Crippen molar-refractivity contribution in [1.82, 2.24) is 15.3 Å². The van der Waals surface area contributed by atoms with Crippen LogP contribution in [0.15, 0.2) is 12.5 Å². The van der Waals surface area contributed by atoms with Gasteiger partial charge in [-0.2, -0.15) is 0 Å². The van der Waals surface area contributed by atoms with Gasteiger partial charge in [0.15, 0.2) is 0 Å². The first-order chi connectivity index (χ1) is 7.92. The van der Waals surface area contributed by atoms with Crippen molar-refractivity contribution in [3.05, 3.63) is 18.2 Å². The number of ether oxygens (including phenoxy) is 1. The molecule has 1 atom stereocenters. The first kappa shape index (κ1) is 13.7. The van der Waals surface area contributed by atoms with Crippen LogP contribution in [0.4, 0.5) is 0 Å². The van der Waals surface area contributed by atoms with Gasteiger partial charge >= 0.3 is 5.97 Å². The van der Waals surface area contributed by atoms with Crippen LogP contribution in [0.1, 0.15) is 26.5 Å². The topological polar surface area (TPSA) is 67.0 Å². The van der Waals surface area contributed by atoms with E-state index < -0.39 is 0 Å². The second kappa shape index (κ2) is 5.82. The molecule has 1 aromatic heterocycles. The van der Waals surface area contributed by atoms with Gasteiger partial charge < -0.3 is 15.0 Å². The summed E-state index contributed by atoms with van der Waals surface area (Å²) in [7, 11) is 1.75. The van der Waals surface area contributed by atoms with E-state index in [9.17, 15) is 4.79 Å². The van der Waals surface area contributed by atoms with Crippen molar-refractivity contribution in [2.24, 2.45) is 5.41 Å². The molecule has 1 heterocycles. The Balaban J connectivity index is 2.47. The molecule has 2 N–H and O–H groups in total. The molecule has 96 valence electrons. The number of rotatable bonds is 5. The van der Waals surface area contributed by atoms with Crippen molar-refractivity contribution in [3.8, 4) is 0 Å². The average molecular weight is 239 g/mol. The molecule has 0 unspecified atom stereocenters. The molecule has 0 aliphatic rings. The third kappa shape index (κ3) is 4.99. The maximum absolute atomic E-state index is 11.8. The number of imidazole rings is 1. The number of carbonyl (C=O) groups is 1. The minimum absolute atomic E-state index is 0.0120. The van der Waals surface area contributed by atoms with Gasteiger partial charge in [-0.05, 0) is 12.5 Å². The number of H-pyrrole nitrogens is 1. The maximum Gasteiger partial charge on any atom is 0.323 e. The molecule has 5 nitrogen and oxygen atoms in total. The highest BCUT2D eigenvalue weighted by atomic mass is 16.5. The summed E-state index contributed by atoms with van der Waals surface area (Å²) in [6.07, 6.45) is 3.86. The lowest BCUT2D eigenvalue weighted by atomic mass is 9.99. The van der Waals surface area contributed by atoms with Crippen molar-refractivity contribution in [2.75, 3.05) is 13.7 Å². The minimum atomic E-state index is -0.335. The lowest BCUT2D eigenvalue weighted by Crippen LogP contribution is -2.38. The zero-order chi connectivity index (χ0) is 12.9. The number of likely N-dealkylation sites (N-methyl/N-ethyl adjacent to an activating group) is 1. The average Bonchev–Trinajstić information content (AvgIpc) is 2.74. The number of aromatic amines is 1. The van der Waals surface area contributed by atoms with Crippen LogP contribution < -0.4 is 5.32 Å². The number of esters is 1. The SMILES string of the molecule is CN[C@@H](Cc1cnc[nH]1)C(=O)OCC(C)(C)C. The van der Waals surface area contributed by atoms with Crippen LogP contribution in [0.2, 0.25) is 0 Å². The first-order valence-electron chi connectivity index (χ1n) is 5.73. The predicted octanol–water partition coefficient (Wildman–Crippen LogP) is 1.13. The molecule has 1 aromatic rings. The smallest absolute Gasteiger partial charge is 0.323 e. The summed E-state index contributed by atoms with van der Waals surface area (Å²) in [6, 6.07) is -0.335. The number of aromatic nitrogens is 2. The predicted molar refractivity (Wildman–Crippen MR) is 65.6 cm³/mol. The Morgan fingerprint density at radius 2 is 2.29 bits per heavy atom. The Kier molecular flexibility index (Phi) is 4.69. The standard InChI is InChI=1S/C12H21N3O2/c1-12(2,3)7-17-11(16)10(13-4)5-9-6-14-8-15-9/h6,8,10,13H,5,7H2,1-4H3,(H,14,15)/t10-/m0/s1. The summed E-state index contributed by atoms with van der Waals surface area (Å²) < 4.78 is 5.27. The van der Waals surface area contributed by atoms with Gasteiger partial charge in [0.2, 0.25) is 0 Å². The van der Waals surface area contributed by atoms with E-state index >= 15 is 0 Å². The van der Waals surface area contributed by atoms with E-state index in [4.69, 9.17) is 4.74 Å². The Hall–Kier alpha value is -1.36. The molecule has 0 aliphatic carbocycles. The Bertz CT molecular complexity index is 341. The molecule has 0 amide bonds. The summed E-state index contributed by atoms with van der Waals surface area (Å²) in [5, 5.41) is 2.95. The lowest BCUT2D eigenvalue weighted by Gasteiger charge is -2.20. The molecule has 0 bridgehead atoms. The third-order valence-electron chi connectivity index (χ3n) is 2.26. The van der Waals surface area contributed by atoms with Crippen molar-refractivity contribution in [1.29, 1.82) is 0 Å². The molecule has 0 fully saturated rings. The zero-order valence-corrected chi connectivity index (χ0v) is 10.9. The molecule has 0 radical (unpaired) electrons. The van der Waals surface area contributed by atoms with Gasteiger partial charge in [-0.25, -0.2) is 4.98 Å². The van der Waals surface area contributed by atoms with Gasteiger partial charge in [-0.15, -0.1) is 0 Å². The molecule has 0 spiro atoms. The van der Waals surface area contributed by atoms with Crippen LogP contribution in [0.3, 0.4) is 0 Å². The fourth-order valence-electron chi connectivity index (χ4n) is 1.31. The van der Waals surface area contributed by atoms with Crippen molar-refractivity contribution in [3.63, 3.8) is 0 Å². The highest BCUT2D eigenvalue weighted by molar-refractivity contribution is 5.76. The lowest BCUT2D eigenvalue weighted by molar-refractivity contribution is -0.148. The first-order valence-corrected chi connectivity index (χ1v) is 5.73. The molecular weight excluding hydrogens is 218 g/mol. The van der Waals surface area contributed by atoms with E-state index in [1.54, 1.807) is 19.6 Å². The molecule has 0 aliphatic heterocycles. The second-order valence-electron chi connectivity index (χ2n) is 5.29. The Morgan fingerprint density at radius 3 is 2.76 bits per heavy atom. The van der Waals surface area contributed by atoms with E-state index in [-0.39, 0.29) is 17.4 Å². The van der Waals surface area contributed by atoms with Crippen LogP contribution in [0.25, 0.3) is 0 Å². The Morgan fingerprint density at radius 1 is 1.59 bits per heavy atom. The molecule has 0 saturated heterocycles. The highest BCUT2D eigenvalue weighted by Gasteiger charge is 2.21. The van der Waals surface area contributed by atoms with Crippen LogP contribution in [-0.2, 0) is 16.0 Å². The molecule has 0 saturated carbocycles. The summed E-state index contributed by atoms with van der Waals surface area (Å²) >= 11 is 0. The molecule has 0 aromatic carbocycles. The van der Waals surface area contributed by atoms with Crippen molar-refractivity contribution < 1.29 is 9.53 Å². The van der Waals surface area contributed by atoms with Gasteiger partial charge in [0, 0.05) is 18.3 Å². The number of carbonyl (C=O) groups excluding carboxylic acids is 1. The summed E-state index contributed by atoms with van der Waals surface area (Å²) in [5.74, 6) is -0.225. The number of hydrogen-bond acceptors (Lipinski definition) is 4. The normalized spacial score (nSPS) is 13.4. The molecule has 5 heteroatoms. The van der Waals surface area contributed by atoms with Crippen LogP contribution in [0, 0.1) is 5.41 Å². The summed E-state index contributed by atoms with van der Waals surface area (Å²) in [4.78, 5) is 18.7. The van der Waals surface area contributed by atoms with E-state index in [0.717, 1.165) is 5.69 Å². The van der Waals surface area contributed by atoms with E-state index in [1.807, 2.05) is 20.8 Å². The molecule has 17 heavy (non-hydrogen) atoms. The summed E-state index contributed by atoms with van der Waals surface area (Å²) in [6.45, 7) is 6.52.